The van der Waals surface area contributed by atoms with E-state index in [2.05, 4.69) is 9.97 Å². The van der Waals surface area contributed by atoms with Crippen molar-refractivity contribution >= 4 is 23.1 Å². The van der Waals surface area contributed by atoms with Gasteiger partial charge in [-0.2, -0.15) is 0 Å². The number of Topliss-reactive ketones (excluding diaryl/α,β-unsaturated/α-hetero) is 1. The van der Waals surface area contributed by atoms with Gasteiger partial charge in [0.1, 0.15) is 5.01 Å². The van der Waals surface area contributed by atoms with E-state index in [0.717, 1.165) is 5.56 Å². The maximum Gasteiger partial charge on any atom is 0.358 e. The molecule has 26 heavy (non-hydrogen) atoms. The topological polar surface area (TPSA) is 90.5 Å². The lowest BCUT2D eigenvalue weighted by atomic mass is 10.2. The van der Waals surface area contributed by atoms with Crippen molar-refractivity contribution in [2.24, 2.45) is 0 Å². The molecule has 0 aliphatic carbocycles. The number of hydrogen-bond donors (Lipinski definition) is 1. The largest absolute Gasteiger partial charge is 0.493 e. The minimum Gasteiger partial charge on any atom is -0.493 e. The van der Waals surface area contributed by atoms with Crippen molar-refractivity contribution in [3.8, 4) is 22.1 Å². The van der Waals surface area contributed by atoms with Crippen LogP contribution in [-0.2, 0) is 4.74 Å². The van der Waals surface area contributed by atoms with Crippen molar-refractivity contribution in [1.29, 1.82) is 0 Å². The Kier molecular flexibility index (Phi) is 5.33. The van der Waals surface area contributed by atoms with Crippen LogP contribution in [-0.4, -0.2) is 42.5 Å². The van der Waals surface area contributed by atoms with Gasteiger partial charge in [-0.3, -0.25) is 4.79 Å². The van der Waals surface area contributed by atoms with Gasteiger partial charge in [-0.1, -0.05) is 0 Å². The highest BCUT2D eigenvalue weighted by Gasteiger charge is 2.17. The normalized spacial score (nSPS) is 10.4. The fourth-order valence-corrected chi connectivity index (χ4v) is 3.04. The average Bonchev–Trinajstić information content (AvgIpc) is 3.37. The van der Waals surface area contributed by atoms with Crippen LogP contribution in [0.15, 0.2) is 41.9 Å². The molecular weight excluding hydrogens is 356 g/mol. The van der Waals surface area contributed by atoms with Crippen LogP contribution in [0.4, 0.5) is 0 Å². The van der Waals surface area contributed by atoms with Gasteiger partial charge in [0.2, 0.25) is 5.78 Å². The summed E-state index contributed by atoms with van der Waals surface area (Å²) in [7, 11) is 3.11. The first kappa shape index (κ1) is 17.7. The lowest BCUT2D eigenvalue weighted by molar-refractivity contribution is 0.0468. The lowest BCUT2D eigenvalue weighted by Gasteiger charge is -2.08. The number of rotatable bonds is 7. The molecule has 0 amide bonds. The standard InChI is InChI=1S/C18H16N2O5S/c1-23-15-6-5-11(8-16(15)24-2)17-20-13(10-26-17)18(22)25-9-14(21)12-4-3-7-19-12/h3-8,10,19H,9H2,1-2H3. The highest BCUT2D eigenvalue weighted by Crippen LogP contribution is 2.33. The van der Waals surface area contributed by atoms with E-state index in [9.17, 15) is 9.59 Å². The number of nitrogens with one attached hydrogen (secondary N) is 1. The third-order valence-corrected chi connectivity index (χ3v) is 4.47. The van der Waals surface area contributed by atoms with Crippen LogP contribution < -0.4 is 9.47 Å². The van der Waals surface area contributed by atoms with Crippen molar-refractivity contribution in [2.45, 2.75) is 0 Å². The van der Waals surface area contributed by atoms with Crippen LogP contribution in [0.3, 0.4) is 0 Å². The molecule has 3 aromatic rings. The van der Waals surface area contributed by atoms with E-state index < -0.39 is 5.97 Å². The van der Waals surface area contributed by atoms with Gasteiger partial charge in [0.05, 0.1) is 19.9 Å². The Morgan fingerprint density at radius 3 is 2.65 bits per heavy atom. The summed E-state index contributed by atoms with van der Waals surface area (Å²) in [5.74, 6) is 0.225. The van der Waals surface area contributed by atoms with Crippen molar-refractivity contribution in [3.63, 3.8) is 0 Å². The van der Waals surface area contributed by atoms with Crippen LogP contribution in [0, 0.1) is 0 Å². The summed E-state index contributed by atoms with van der Waals surface area (Å²) in [5, 5.41) is 2.22. The van der Waals surface area contributed by atoms with Gasteiger partial charge in [-0.05, 0) is 30.3 Å². The minimum absolute atomic E-state index is 0.152. The summed E-state index contributed by atoms with van der Waals surface area (Å²) in [5.41, 5.74) is 1.33. The zero-order chi connectivity index (χ0) is 18.5. The summed E-state index contributed by atoms with van der Waals surface area (Å²) >= 11 is 1.30. The van der Waals surface area contributed by atoms with Gasteiger partial charge in [0.25, 0.3) is 0 Å². The molecule has 1 aromatic carbocycles. The molecule has 0 bridgehead atoms. The Hall–Kier alpha value is -3.13. The SMILES string of the molecule is COc1ccc(-c2nc(C(=O)OCC(=O)c3ccc[nH]3)cs2)cc1OC. The fourth-order valence-electron chi connectivity index (χ4n) is 2.26. The second-order valence-electron chi connectivity index (χ2n) is 5.19. The first-order valence-electron chi connectivity index (χ1n) is 7.64. The molecule has 1 N–H and O–H groups in total. The fraction of sp³-hybridized carbons (Fsp3) is 0.167. The van der Waals surface area contributed by atoms with E-state index >= 15 is 0 Å². The summed E-state index contributed by atoms with van der Waals surface area (Å²) in [6, 6.07) is 8.69. The summed E-state index contributed by atoms with van der Waals surface area (Å²) in [6.45, 7) is -0.345. The third kappa shape index (κ3) is 3.75. The number of hydrogen-bond acceptors (Lipinski definition) is 7. The highest BCUT2D eigenvalue weighted by atomic mass is 32.1. The van der Waals surface area contributed by atoms with Crippen molar-refractivity contribution < 1.29 is 23.8 Å². The van der Waals surface area contributed by atoms with E-state index in [4.69, 9.17) is 14.2 Å². The quantitative estimate of drug-likeness (QED) is 0.506. The molecule has 3 rings (SSSR count). The van der Waals surface area contributed by atoms with Crippen molar-refractivity contribution in [1.82, 2.24) is 9.97 Å². The molecule has 0 fully saturated rings. The Morgan fingerprint density at radius 1 is 1.15 bits per heavy atom. The first-order valence-corrected chi connectivity index (χ1v) is 8.52. The molecule has 8 heteroatoms. The zero-order valence-electron chi connectivity index (χ0n) is 14.1. The number of ketones is 1. The molecular formula is C18H16N2O5S. The molecule has 7 nitrogen and oxygen atoms in total. The van der Waals surface area contributed by atoms with Gasteiger partial charge in [0.15, 0.2) is 23.8 Å². The van der Waals surface area contributed by atoms with Crippen molar-refractivity contribution in [2.75, 3.05) is 20.8 Å². The number of ether oxygens (including phenoxy) is 3. The Labute approximate surface area is 153 Å². The Morgan fingerprint density at radius 2 is 1.96 bits per heavy atom. The number of nitrogens with zero attached hydrogens (tertiary/aromatic N) is 1. The van der Waals surface area contributed by atoms with Crippen LogP contribution >= 0.6 is 11.3 Å². The van der Waals surface area contributed by atoms with E-state index in [1.165, 1.54) is 11.3 Å². The number of benzene rings is 1. The van der Waals surface area contributed by atoms with Crippen LogP contribution in [0.5, 0.6) is 11.5 Å². The highest BCUT2D eigenvalue weighted by molar-refractivity contribution is 7.13. The number of carbonyl (C=O) groups is 2. The first-order chi connectivity index (χ1) is 12.6. The van der Waals surface area contributed by atoms with E-state index in [1.54, 1.807) is 50.1 Å². The number of H-pyrrole nitrogens is 1. The van der Waals surface area contributed by atoms with Gasteiger partial charge in [0, 0.05) is 17.1 Å². The second-order valence-corrected chi connectivity index (χ2v) is 6.05. The Bertz CT molecular complexity index is 918. The minimum atomic E-state index is -0.645. The molecule has 0 saturated heterocycles. The zero-order valence-corrected chi connectivity index (χ0v) is 15.0. The number of aromatic amines is 1. The van der Waals surface area contributed by atoms with Crippen LogP contribution in [0.1, 0.15) is 21.0 Å². The van der Waals surface area contributed by atoms with Gasteiger partial charge < -0.3 is 19.2 Å². The maximum absolute atomic E-state index is 12.1. The molecule has 0 spiro atoms. The maximum atomic E-state index is 12.1. The molecule has 0 aliphatic rings. The molecule has 2 aromatic heterocycles. The molecule has 0 atom stereocenters. The molecule has 134 valence electrons. The van der Waals surface area contributed by atoms with Gasteiger partial charge in [-0.15, -0.1) is 11.3 Å². The van der Waals surface area contributed by atoms with Crippen LogP contribution in [0.25, 0.3) is 10.6 Å². The summed E-state index contributed by atoms with van der Waals surface area (Å²) < 4.78 is 15.5. The molecule has 0 radical (unpaired) electrons. The number of esters is 1. The smallest absolute Gasteiger partial charge is 0.358 e. The number of methoxy groups -OCH3 is 2. The number of thiazole rings is 1. The number of carbonyl (C=O) groups excluding carboxylic acids is 2. The predicted molar refractivity (Wildman–Crippen MR) is 96.1 cm³/mol. The van der Waals surface area contributed by atoms with E-state index in [0.29, 0.717) is 22.2 Å². The number of aromatic nitrogens is 2. The predicted octanol–water partition coefficient (Wildman–Crippen LogP) is 3.20. The molecule has 2 heterocycles. The molecule has 0 saturated carbocycles. The molecule has 0 aliphatic heterocycles. The Balaban J connectivity index is 1.69. The average molecular weight is 372 g/mol. The molecule has 0 unspecified atom stereocenters. The van der Waals surface area contributed by atoms with E-state index in [-0.39, 0.29) is 18.1 Å². The van der Waals surface area contributed by atoms with E-state index in [1.807, 2.05) is 6.07 Å². The summed E-state index contributed by atoms with van der Waals surface area (Å²) in [6.07, 6.45) is 1.63. The van der Waals surface area contributed by atoms with Gasteiger partial charge in [-0.25, -0.2) is 9.78 Å². The summed E-state index contributed by atoms with van der Waals surface area (Å²) in [4.78, 5) is 31.0. The second kappa shape index (κ2) is 7.83. The van der Waals surface area contributed by atoms with Crippen molar-refractivity contribution in [3.05, 3.63) is 53.3 Å². The van der Waals surface area contributed by atoms with Gasteiger partial charge >= 0.3 is 5.97 Å². The monoisotopic (exact) mass is 372 g/mol. The third-order valence-electron chi connectivity index (χ3n) is 3.58. The lowest BCUT2D eigenvalue weighted by Crippen LogP contribution is -2.14. The van der Waals surface area contributed by atoms with Crippen LogP contribution in [0.2, 0.25) is 0 Å².